The first-order chi connectivity index (χ1) is 12.2. The Bertz CT molecular complexity index is 685. The molecule has 4 rings (SSSR count). The van der Waals surface area contributed by atoms with Gasteiger partial charge in [0.1, 0.15) is 11.3 Å². The number of hydrogen-bond donors (Lipinski definition) is 0. The van der Waals surface area contributed by atoms with Crippen LogP contribution >= 0.6 is 0 Å². The monoisotopic (exact) mass is 342 g/mol. The Morgan fingerprint density at radius 2 is 2.00 bits per heavy atom. The Labute approximate surface area is 148 Å². The maximum atomic E-state index is 13.3. The van der Waals surface area contributed by atoms with Crippen LogP contribution in [0.5, 0.6) is 5.75 Å². The van der Waals surface area contributed by atoms with E-state index in [1.165, 1.54) is 0 Å². The second-order valence-corrected chi connectivity index (χ2v) is 7.39. The largest absolute Gasteiger partial charge is 0.494 e. The third-order valence-corrected chi connectivity index (χ3v) is 5.76. The topological polar surface area (TPSA) is 49.9 Å². The predicted octanol–water partition coefficient (Wildman–Crippen LogP) is 2.84. The molecule has 0 bridgehead atoms. The van der Waals surface area contributed by atoms with Gasteiger partial charge in [-0.3, -0.25) is 9.59 Å². The van der Waals surface area contributed by atoms with Crippen LogP contribution in [-0.4, -0.2) is 52.9 Å². The highest BCUT2D eigenvalue weighted by Crippen LogP contribution is 2.42. The van der Waals surface area contributed by atoms with E-state index in [0.717, 1.165) is 45.1 Å². The quantitative estimate of drug-likeness (QED) is 0.845. The first-order valence-corrected chi connectivity index (χ1v) is 9.51. The molecule has 1 atom stereocenters. The average Bonchev–Trinajstić information content (AvgIpc) is 3.38. The molecule has 2 saturated heterocycles. The molecule has 3 fully saturated rings. The molecule has 0 N–H and O–H groups in total. The van der Waals surface area contributed by atoms with E-state index in [4.69, 9.17) is 4.74 Å². The van der Waals surface area contributed by atoms with Crippen molar-refractivity contribution in [2.75, 3.05) is 19.7 Å². The van der Waals surface area contributed by atoms with Gasteiger partial charge in [0.25, 0.3) is 5.91 Å². The van der Waals surface area contributed by atoms with E-state index < -0.39 is 5.54 Å². The van der Waals surface area contributed by atoms with Crippen molar-refractivity contribution in [2.45, 2.75) is 57.0 Å². The first kappa shape index (κ1) is 16.4. The van der Waals surface area contributed by atoms with E-state index in [1.807, 2.05) is 34.9 Å². The Morgan fingerprint density at radius 3 is 2.72 bits per heavy atom. The molecule has 1 aromatic rings. The molecule has 2 aliphatic heterocycles. The van der Waals surface area contributed by atoms with Crippen molar-refractivity contribution in [1.29, 1.82) is 0 Å². The smallest absolute Gasteiger partial charge is 0.254 e. The minimum absolute atomic E-state index is 0.0370. The minimum atomic E-state index is -0.612. The van der Waals surface area contributed by atoms with Crippen LogP contribution in [0.15, 0.2) is 24.3 Å². The predicted molar refractivity (Wildman–Crippen MR) is 94.6 cm³/mol. The van der Waals surface area contributed by atoms with Gasteiger partial charge in [0, 0.05) is 24.7 Å². The first-order valence-electron chi connectivity index (χ1n) is 9.51. The summed E-state index contributed by atoms with van der Waals surface area (Å²) >= 11 is 0. The Kier molecular flexibility index (Phi) is 4.18. The molecule has 1 aromatic carbocycles. The van der Waals surface area contributed by atoms with E-state index in [1.54, 1.807) is 6.07 Å². The van der Waals surface area contributed by atoms with Gasteiger partial charge >= 0.3 is 0 Å². The maximum absolute atomic E-state index is 13.3. The van der Waals surface area contributed by atoms with Gasteiger partial charge in [-0.05, 0) is 63.6 Å². The van der Waals surface area contributed by atoms with Gasteiger partial charge in [0.2, 0.25) is 5.91 Å². The summed E-state index contributed by atoms with van der Waals surface area (Å²) in [5.74, 6) is 0.856. The van der Waals surface area contributed by atoms with Gasteiger partial charge in [-0.2, -0.15) is 0 Å². The fraction of sp³-hybridized carbons (Fsp3) is 0.600. The molecule has 1 spiro atoms. The van der Waals surface area contributed by atoms with Gasteiger partial charge in [0.15, 0.2) is 0 Å². The molecule has 0 radical (unpaired) electrons. The summed E-state index contributed by atoms with van der Waals surface area (Å²) in [5, 5.41) is 0. The summed E-state index contributed by atoms with van der Waals surface area (Å²) in [4.78, 5) is 30.4. The summed E-state index contributed by atoms with van der Waals surface area (Å²) in [6, 6.07) is 7.75. The van der Waals surface area contributed by atoms with Crippen molar-refractivity contribution in [1.82, 2.24) is 9.80 Å². The summed E-state index contributed by atoms with van der Waals surface area (Å²) in [5.41, 5.74) is 0.00285. The molecule has 5 heteroatoms. The molecular formula is C20H26N2O3. The van der Waals surface area contributed by atoms with E-state index >= 15 is 0 Å². The molecule has 1 aliphatic carbocycles. The third-order valence-electron chi connectivity index (χ3n) is 5.76. The van der Waals surface area contributed by atoms with Crippen LogP contribution in [0.4, 0.5) is 0 Å². The second-order valence-electron chi connectivity index (χ2n) is 7.39. The highest BCUT2D eigenvalue weighted by molar-refractivity contribution is 6.00. The molecule has 1 saturated carbocycles. The Hall–Kier alpha value is -2.04. The fourth-order valence-corrected chi connectivity index (χ4v) is 4.45. The number of likely N-dealkylation sites (tertiary alicyclic amines) is 2. The lowest BCUT2D eigenvalue weighted by molar-refractivity contribution is -0.146. The van der Waals surface area contributed by atoms with Crippen molar-refractivity contribution in [2.24, 2.45) is 0 Å². The zero-order valence-corrected chi connectivity index (χ0v) is 14.9. The molecule has 25 heavy (non-hydrogen) atoms. The normalized spacial score (nSPS) is 26.4. The number of carbonyl (C=O) groups excluding carboxylic acids is 2. The molecule has 2 amide bonds. The van der Waals surface area contributed by atoms with Crippen molar-refractivity contribution in [3.63, 3.8) is 0 Å². The highest BCUT2D eigenvalue weighted by Gasteiger charge is 2.54. The van der Waals surface area contributed by atoms with Crippen LogP contribution in [0.25, 0.3) is 0 Å². The van der Waals surface area contributed by atoms with Gasteiger partial charge in [-0.1, -0.05) is 6.07 Å². The summed E-state index contributed by atoms with van der Waals surface area (Å²) in [6.45, 7) is 4.02. The summed E-state index contributed by atoms with van der Waals surface area (Å²) < 4.78 is 5.53. The van der Waals surface area contributed by atoms with Gasteiger partial charge < -0.3 is 14.5 Å². The van der Waals surface area contributed by atoms with E-state index in [9.17, 15) is 9.59 Å². The number of benzene rings is 1. The Morgan fingerprint density at radius 1 is 1.24 bits per heavy atom. The molecular weight excluding hydrogens is 316 g/mol. The third kappa shape index (κ3) is 2.79. The number of ether oxygens (including phenoxy) is 1. The van der Waals surface area contributed by atoms with Crippen molar-refractivity contribution in [3.8, 4) is 5.75 Å². The number of piperidine rings is 1. The molecule has 5 nitrogen and oxygen atoms in total. The number of amides is 2. The SMILES string of the molecule is CCOc1cccc(C(=O)N2CCCC23CCCN(C2CC2)C3=O)c1. The van der Waals surface area contributed by atoms with Crippen LogP contribution in [0.3, 0.4) is 0 Å². The van der Waals surface area contributed by atoms with Crippen molar-refractivity contribution < 1.29 is 14.3 Å². The fourth-order valence-electron chi connectivity index (χ4n) is 4.45. The lowest BCUT2D eigenvalue weighted by atomic mass is 9.85. The zero-order valence-electron chi connectivity index (χ0n) is 14.9. The zero-order chi connectivity index (χ0) is 17.4. The van der Waals surface area contributed by atoms with Crippen LogP contribution in [0.2, 0.25) is 0 Å². The maximum Gasteiger partial charge on any atom is 0.254 e. The average molecular weight is 342 g/mol. The Balaban J connectivity index is 1.61. The van der Waals surface area contributed by atoms with Crippen LogP contribution in [0, 0.1) is 0 Å². The summed E-state index contributed by atoms with van der Waals surface area (Å²) in [6.07, 6.45) is 5.72. The number of hydrogen-bond acceptors (Lipinski definition) is 3. The van der Waals surface area contributed by atoms with Crippen LogP contribution in [0.1, 0.15) is 55.8 Å². The number of nitrogens with zero attached hydrogens (tertiary/aromatic N) is 2. The molecule has 3 aliphatic rings. The lowest BCUT2D eigenvalue weighted by Crippen LogP contribution is -2.61. The van der Waals surface area contributed by atoms with Gasteiger partial charge in [-0.15, -0.1) is 0 Å². The minimum Gasteiger partial charge on any atom is -0.494 e. The molecule has 0 aromatic heterocycles. The van der Waals surface area contributed by atoms with E-state index in [-0.39, 0.29) is 11.8 Å². The molecule has 2 heterocycles. The lowest BCUT2D eigenvalue weighted by Gasteiger charge is -2.44. The number of carbonyl (C=O) groups is 2. The van der Waals surface area contributed by atoms with Crippen LogP contribution in [-0.2, 0) is 4.79 Å². The summed E-state index contributed by atoms with van der Waals surface area (Å²) in [7, 11) is 0. The van der Waals surface area contributed by atoms with Crippen molar-refractivity contribution >= 4 is 11.8 Å². The molecule has 1 unspecified atom stereocenters. The highest BCUT2D eigenvalue weighted by atomic mass is 16.5. The number of rotatable bonds is 4. The second kappa shape index (κ2) is 6.36. The standard InChI is InChI=1S/C20H26N2O3/c1-2-25-17-7-3-6-15(14-17)18(23)22-13-5-11-20(22)10-4-12-21(19(20)24)16-8-9-16/h3,6-7,14,16H,2,4-5,8-13H2,1H3. The molecule has 134 valence electrons. The van der Waals surface area contributed by atoms with E-state index in [2.05, 4.69) is 0 Å². The van der Waals surface area contributed by atoms with E-state index in [0.29, 0.717) is 30.5 Å². The van der Waals surface area contributed by atoms with Gasteiger partial charge in [-0.25, -0.2) is 0 Å². The van der Waals surface area contributed by atoms with Crippen LogP contribution < -0.4 is 4.74 Å². The van der Waals surface area contributed by atoms with Crippen molar-refractivity contribution in [3.05, 3.63) is 29.8 Å². The van der Waals surface area contributed by atoms with Gasteiger partial charge in [0.05, 0.1) is 6.61 Å².